The fraction of sp³-hybridized carbons (Fsp3) is 0.300. The molecule has 3 heteroatoms. The van der Waals surface area contributed by atoms with Gasteiger partial charge in [-0.2, -0.15) is 0 Å². The summed E-state index contributed by atoms with van der Waals surface area (Å²) in [6.07, 6.45) is 2.54. The molecular weight excluding hydrogens is 286 g/mol. The number of nitrogens with zero attached hydrogens (tertiary/aromatic N) is 1. The molecular formula is C20H21NO2. The first-order chi connectivity index (χ1) is 11.1. The smallest absolute Gasteiger partial charge is 0.339 e. The number of fused-ring (bicyclic) bond motifs is 2. The molecule has 3 aromatic rings. The molecule has 0 aliphatic rings. The lowest BCUT2D eigenvalue weighted by atomic mass is 10.0. The van der Waals surface area contributed by atoms with Crippen molar-refractivity contribution in [1.82, 2.24) is 4.98 Å². The summed E-state index contributed by atoms with van der Waals surface area (Å²) in [5.74, 6) is 0.0456. The van der Waals surface area contributed by atoms with E-state index in [1.807, 2.05) is 49.4 Å². The van der Waals surface area contributed by atoms with Crippen molar-refractivity contribution in [2.24, 2.45) is 5.92 Å². The number of carbonyl (C=O) groups excluding carboxylic acids is 1. The van der Waals surface area contributed by atoms with Crippen molar-refractivity contribution < 1.29 is 9.53 Å². The normalized spacial score (nSPS) is 12.7. The highest BCUT2D eigenvalue weighted by molar-refractivity contribution is 6.08. The summed E-state index contributed by atoms with van der Waals surface area (Å²) >= 11 is 0. The Bertz CT molecular complexity index is 855. The molecule has 3 nitrogen and oxygen atoms in total. The predicted octanol–water partition coefficient (Wildman–Crippen LogP) is 4.98. The number of benzene rings is 1. The number of aromatic nitrogens is 1. The highest BCUT2D eigenvalue weighted by Crippen LogP contribution is 2.25. The second kappa shape index (κ2) is 6.37. The van der Waals surface area contributed by atoms with Crippen LogP contribution >= 0.6 is 0 Å². The van der Waals surface area contributed by atoms with E-state index in [-0.39, 0.29) is 12.1 Å². The van der Waals surface area contributed by atoms with Crippen LogP contribution in [-0.4, -0.2) is 17.1 Å². The summed E-state index contributed by atoms with van der Waals surface area (Å²) < 4.78 is 5.74. The molecule has 2 aromatic carbocycles. The minimum atomic E-state index is -0.259. The van der Waals surface area contributed by atoms with Crippen LogP contribution < -0.4 is 0 Å². The molecule has 1 aromatic heterocycles. The fourth-order valence-electron chi connectivity index (χ4n) is 2.91. The van der Waals surface area contributed by atoms with E-state index in [4.69, 9.17) is 4.74 Å². The van der Waals surface area contributed by atoms with E-state index in [9.17, 15) is 4.79 Å². The maximum atomic E-state index is 12.7. The average Bonchev–Trinajstić information content (AvgIpc) is 2.88. The molecule has 1 unspecified atom stereocenters. The molecule has 23 heavy (non-hydrogen) atoms. The maximum absolute atomic E-state index is 12.7. The van der Waals surface area contributed by atoms with Gasteiger partial charge < -0.3 is 4.74 Å². The van der Waals surface area contributed by atoms with Gasteiger partial charge in [0.25, 0.3) is 0 Å². The Kier molecular flexibility index (Phi) is 4.28. The third-order valence-electron chi connectivity index (χ3n) is 4.23. The van der Waals surface area contributed by atoms with Crippen LogP contribution in [0.2, 0.25) is 0 Å². The SMILES string of the molecule is CCC(OC(=O)c1ccccc2cc3nccc3cc12)C(C)C. The summed E-state index contributed by atoms with van der Waals surface area (Å²) in [4.78, 5) is 17.0. The molecule has 0 bridgehead atoms. The van der Waals surface area contributed by atoms with E-state index in [0.29, 0.717) is 11.5 Å². The van der Waals surface area contributed by atoms with Crippen molar-refractivity contribution >= 4 is 27.6 Å². The van der Waals surface area contributed by atoms with Gasteiger partial charge in [0.15, 0.2) is 0 Å². The van der Waals surface area contributed by atoms with E-state index < -0.39 is 0 Å². The first-order valence-electron chi connectivity index (χ1n) is 8.08. The molecule has 0 saturated heterocycles. The maximum Gasteiger partial charge on any atom is 0.339 e. The van der Waals surface area contributed by atoms with Crippen LogP contribution in [0, 0.1) is 5.92 Å². The first-order valence-corrected chi connectivity index (χ1v) is 8.08. The summed E-state index contributed by atoms with van der Waals surface area (Å²) in [5, 5.41) is 2.93. The van der Waals surface area contributed by atoms with Gasteiger partial charge >= 0.3 is 5.97 Å². The summed E-state index contributed by atoms with van der Waals surface area (Å²) in [6, 6.07) is 13.6. The molecule has 118 valence electrons. The van der Waals surface area contributed by atoms with Crippen LogP contribution in [0.4, 0.5) is 0 Å². The monoisotopic (exact) mass is 307 g/mol. The Morgan fingerprint density at radius 2 is 1.91 bits per heavy atom. The molecule has 0 N–H and O–H groups in total. The first kappa shape index (κ1) is 15.5. The zero-order chi connectivity index (χ0) is 16.4. The lowest BCUT2D eigenvalue weighted by Crippen LogP contribution is -2.22. The van der Waals surface area contributed by atoms with Crippen LogP contribution in [0.1, 0.15) is 37.6 Å². The Morgan fingerprint density at radius 1 is 1.13 bits per heavy atom. The van der Waals surface area contributed by atoms with Crippen molar-refractivity contribution in [2.45, 2.75) is 33.3 Å². The third-order valence-corrected chi connectivity index (χ3v) is 4.23. The predicted molar refractivity (Wildman–Crippen MR) is 93.6 cm³/mol. The van der Waals surface area contributed by atoms with E-state index in [1.165, 1.54) is 0 Å². The van der Waals surface area contributed by atoms with Crippen molar-refractivity contribution in [1.29, 1.82) is 0 Å². The van der Waals surface area contributed by atoms with E-state index >= 15 is 0 Å². The van der Waals surface area contributed by atoms with Gasteiger partial charge in [0.1, 0.15) is 6.10 Å². The van der Waals surface area contributed by atoms with Crippen molar-refractivity contribution in [3.63, 3.8) is 0 Å². The summed E-state index contributed by atoms with van der Waals surface area (Å²) in [7, 11) is 0. The number of carbonyl (C=O) groups is 1. The second-order valence-electron chi connectivity index (χ2n) is 6.17. The Balaban J connectivity index is 2.11. The molecule has 0 fully saturated rings. The Labute approximate surface area is 136 Å². The molecule has 1 heterocycles. The van der Waals surface area contributed by atoms with Crippen molar-refractivity contribution in [3.05, 3.63) is 54.2 Å². The topological polar surface area (TPSA) is 39.2 Å². The molecule has 0 aliphatic carbocycles. The minimum Gasteiger partial charge on any atom is -0.459 e. The van der Waals surface area contributed by atoms with Crippen LogP contribution in [0.3, 0.4) is 0 Å². The number of hydrogen-bond donors (Lipinski definition) is 0. The van der Waals surface area contributed by atoms with Crippen LogP contribution in [0.15, 0.2) is 48.7 Å². The van der Waals surface area contributed by atoms with E-state index in [1.54, 1.807) is 6.20 Å². The lowest BCUT2D eigenvalue weighted by molar-refractivity contribution is 0.0175. The molecule has 0 spiro atoms. The van der Waals surface area contributed by atoms with Crippen LogP contribution in [0.25, 0.3) is 21.7 Å². The van der Waals surface area contributed by atoms with Crippen LogP contribution in [-0.2, 0) is 4.74 Å². The number of ether oxygens (including phenoxy) is 1. The summed E-state index contributed by atoms with van der Waals surface area (Å²) in [6.45, 7) is 6.19. The molecule has 0 saturated carbocycles. The lowest BCUT2D eigenvalue weighted by Gasteiger charge is -2.19. The summed E-state index contributed by atoms with van der Waals surface area (Å²) in [5.41, 5.74) is 1.55. The van der Waals surface area contributed by atoms with Gasteiger partial charge in [-0.1, -0.05) is 39.0 Å². The molecule has 0 radical (unpaired) electrons. The van der Waals surface area contributed by atoms with Gasteiger partial charge in [-0.15, -0.1) is 0 Å². The Hall–Kier alpha value is -2.42. The fourth-order valence-corrected chi connectivity index (χ4v) is 2.91. The number of rotatable bonds is 4. The van der Waals surface area contributed by atoms with Crippen molar-refractivity contribution in [2.75, 3.05) is 0 Å². The number of esters is 1. The minimum absolute atomic E-state index is 0.0626. The molecule has 3 rings (SSSR count). The zero-order valence-corrected chi connectivity index (χ0v) is 13.7. The Morgan fingerprint density at radius 3 is 2.65 bits per heavy atom. The standard InChI is InChI=1S/C20H21NO2/c1-4-19(13(2)3)23-20(22)16-8-6-5-7-14-12-18-15(9-10-21-18)11-17(14)16/h5-13,19H,4H2,1-3H3. The van der Waals surface area contributed by atoms with Crippen molar-refractivity contribution in [3.8, 4) is 0 Å². The average molecular weight is 307 g/mol. The second-order valence-corrected chi connectivity index (χ2v) is 6.17. The molecule has 0 aliphatic heterocycles. The van der Waals surface area contributed by atoms with Gasteiger partial charge in [0.2, 0.25) is 0 Å². The van der Waals surface area contributed by atoms with E-state index in [0.717, 1.165) is 28.1 Å². The van der Waals surface area contributed by atoms with Gasteiger partial charge in [0, 0.05) is 11.6 Å². The largest absolute Gasteiger partial charge is 0.459 e. The van der Waals surface area contributed by atoms with Gasteiger partial charge in [0.05, 0.1) is 11.1 Å². The number of hydrogen-bond acceptors (Lipinski definition) is 3. The van der Waals surface area contributed by atoms with Gasteiger partial charge in [-0.3, -0.25) is 4.98 Å². The van der Waals surface area contributed by atoms with E-state index in [2.05, 4.69) is 18.8 Å². The van der Waals surface area contributed by atoms with Gasteiger partial charge in [-0.25, -0.2) is 4.79 Å². The van der Waals surface area contributed by atoms with Gasteiger partial charge in [-0.05, 0) is 47.4 Å². The highest BCUT2D eigenvalue weighted by Gasteiger charge is 2.19. The zero-order valence-electron chi connectivity index (χ0n) is 13.7. The molecule has 1 atom stereocenters. The third kappa shape index (κ3) is 3.04. The quantitative estimate of drug-likeness (QED) is 0.638. The molecule has 0 amide bonds. The van der Waals surface area contributed by atoms with Crippen LogP contribution in [0.5, 0.6) is 0 Å². The highest BCUT2D eigenvalue weighted by atomic mass is 16.5.